The molecule has 0 bridgehead atoms. The monoisotopic (exact) mass is 298 g/mol. The number of unbranched alkanes of at least 4 members (excludes halogenated alkanes) is 9. The summed E-state index contributed by atoms with van der Waals surface area (Å²) in [6.45, 7) is 2.25. The Morgan fingerprint density at radius 2 is 1.62 bits per heavy atom. The summed E-state index contributed by atoms with van der Waals surface area (Å²) >= 11 is 0. The van der Waals surface area contributed by atoms with Gasteiger partial charge in [-0.3, -0.25) is 4.79 Å². The quantitative estimate of drug-likeness (QED) is 0.417. The summed E-state index contributed by atoms with van der Waals surface area (Å²) in [6.07, 6.45) is 15.3. The van der Waals surface area contributed by atoms with E-state index in [1.54, 1.807) is 0 Å². The molecule has 0 unspecified atom stereocenters. The molecule has 1 aliphatic rings. The standard InChI is InChI=1S/C18H34O3/c1-2-3-4-5-6-7-8-9-10-11-13-16(19)17-14-12-15-18(20)21-17/h16-17,19H,2-15H2,1H3/t16-,17+/m0/s1. The fraction of sp³-hybridized carbons (Fsp3) is 0.944. The van der Waals surface area contributed by atoms with E-state index in [4.69, 9.17) is 4.74 Å². The Hall–Kier alpha value is -0.570. The zero-order valence-corrected chi connectivity index (χ0v) is 13.8. The molecule has 0 spiro atoms. The van der Waals surface area contributed by atoms with Gasteiger partial charge >= 0.3 is 5.97 Å². The average molecular weight is 298 g/mol. The molecule has 2 atom stereocenters. The zero-order chi connectivity index (χ0) is 15.3. The van der Waals surface area contributed by atoms with Gasteiger partial charge in [-0.25, -0.2) is 0 Å². The van der Waals surface area contributed by atoms with Gasteiger partial charge in [0.1, 0.15) is 6.10 Å². The molecule has 1 aliphatic heterocycles. The number of carbonyl (C=O) groups excluding carboxylic acids is 1. The minimum Gasteiger partial charge on any atom is -0.460 e. The van der Waals surface area contributed by atoms with Crippen LogP contribution in [-0.4, -0.2) is 23.3 Å². The van der Waals surface area contributed by atoms with E-state index in [0.29, 0.717) is 6.42 Å². The number of cyclic esters (lactones) is 1. The van der Waals surface area contributed by atoms with Gasteiger partial charge in [-0.1, -0.05) is 71.1 Å². The molecule has 1 heterocycles. The third kappa shape index (κ3) is 9.13. The van der Waals surface area contributed by atoms with E-state index in [9.17, 15) is 9.90 Å². The molecule has 0 aromatic carbocycles. The van der Waals surface area contributed by atoms with Crippen LogP contribution in [0.3, 0.4) is 0 Å². The average Bonchev–Trinajstić information content (AvgIpc) is 2.49. The van der Waals surface area contributed by atoms with Crippen molar-refractivity contribution >= 4 is 5.97 Å². The number of hydrogen-bond donors (Lipinski definition) is 1. The van der Waals surface area contributed by atoms with Crippen molar-refractivity contribution in [2.45, 2.75) is 109 Å². The number of ether oxygens (including phenoxy) is 1. The van der Waals surface area contributed by atoms with Gasteiger partial charge in [0.25, 0.3) is 0 Å². The fourth-order valence-corrected chi connectivity index (χ4v) is 3.03. The number of rotatable bonds is 12. The molecular weight excluding hydrogens is 264 g/mol. The van der Waals surface area contributed by atoms with E-state index in [-0.39, 0.29) is 12.1 Å². The lowest BCUT2D eigenvalue weighted by Gasteiger charge is -2.26. The van der Waals surface area contributed by atoms with Crippen LogP contribution in [0.1, 0.15) is 96.8 Å². The third-order valence-electron chi connectivity index (χ3n) is 4.43. The lowest BCUT2D eigenvalue weighted by Crippen LogP contribution is -2.34. The molecule has 124 valence electrons. The Kier molecular flexibility index (Phi) is 10.6. The van der Waals surface area contributed by atoms with Crippen molar-refractivity contribution in [3.8, 4) is 0 Å². The molecule has 1 saturated heterocycles. The third-order valence-corrected chi connectivity index (χ3v) is 4.43. The van der Waals surface area contributed by atoms with Crippen LogP contribution in [0.25, 0.3) is 0 Å². The van der Waals surface area contributed by atoms with Gasteiger partial charge in [0, 0.05) is 6.42 Å². The summed E-state index contributed by atoms with van der Waals surface area (Å²) in [7, 11) is 0. The minimum atomic E-state index is -0.455. The Labute approximate surface area is 130 Å². The highest BCUT2D eigenvalue weighted by Crippen LogP contribution is 2.20. The first-order valence-electron chi connectivity index (χ1n) is 9.11. The molecule has 0 saturated carbocycles. The van der Waals surface area contributed by atoms with Crippen LogP contribution in [0.15, 0.2) is 0 Å². The maximum Gasteiger partial charge on any atom is 0.306 e. The largest absolute Gasteiger partial charge is 0.460 e. The molecule has 3 nitrogen and oxygen atoms in total. The first-order valence-corrected chi connectivity index (χ1v) is 9.11. The van der Waals surface area contributed by atoms with Crippen LogP contribution < -0.4 is 0 Å². The molecular formula is C18H34O3. The highest BCUT2D eigenvalue weighted by Gasteiger charge is 2.26. The van der Waals surface area contributed by atoms with Crippen LogP contribution in [0, 0.1) is 0 Å². The van der Waals surface area contributed by atoms with E-state index >= 15 is 0 Å². The molecule has 3 heteroatoms. The molecule has 1 rings (SSSR count). The predicted octanol–water partition coefficient (Wildman–Crippen LogP) is 4.75. The number of carbonyl (C=O) groups is 1. The van der Waals surface area contributed by atoms with Crippen molar-refractivity contribution in [1.29, 1.82) is 0 Å². The van der Waals surface area contributed by atoms with Crippen LogP contribution in [0.5, 0.6) is 0 Å². The first kappa shape index (κ1) is 18.5. The number of aliphatic hydroxyl groups is 1. The molecule has 1 N–H and O–H groups in total. The van der Waals surface area contributed by atoms with Crippen molar-refractivity contribution in [1.82, 2.24) is 0 Å². The SMILES string of the molecule is CCCCCCCCCCCC[C@H](O)[C@H]1CCCC(=O)O1. The Morgan fingerprint density at radius 1 is 1.05 bits per heavy atom. The summed E-state index contributed by atoms with van der Waals surface area (Å²) in [5.74, 6) is -0.145. The summed E-state index contributed by atoms with van der Waals surface area (Å²) in [6, 6.07) is 0. The second-order valence-electron chi connectivity index (χ2n) is 6.46. The predicted molar refractivity (Wildman–Crippen MR) is 86.2 cm³/mol. The van der Waals surface area contributed by atoms with Gasteiger partial charge in [0.05, 0.1) is 6.10 Å². The Morgan fingerprint density at radius 3 is 2.19 bits per heavy atom. The number of aliphatic hydroxyl groups excluding tert-OH is 1. The number of hydrogen-bond acceptors (Lipinski definition) is 3. The van der Waals surface area contributed by atoms with Crippen molar-refractivity contribution in [3.05, 3.63) is 0 Å². The topological polar surface area (TPSA) is 46.5 Å². The maximum absolute atomic E-state index is 11.2. The lowest BCUT2D eigenvalue weighted by molar-refractivity contribution is -0.161. The van der Waals surface area contributed by atoms with Gasteiger partial charge < -0.3 is 9.84 Å². The summed E-state index contributed by atoms with van der Waals surface area (Å²) in [5, 5.41) is 10.0. The van der Waals surface area contributed by atoms with Crippen LogP contribution in [0.2, 0.25) is 0 Å². The second-order valence-corrected chi connectivity index (χ2v) is 6.46. The van der Waals surface area contributed by atoms with E-state index in [1.807, 2.05) is 0 Å². The van der Waals surface area contributed by atoms with E-state index in [0.717, 1.165) is 25.7 Å². The molecule has 1 fully saturated rings. The summed E-state index contributed by atoms with van der Waals surface area (Å²) in [4.78, 5) is 11.2. The van der Waals surface area contributed by atoms with Gasteiger partial charge in [-0.15, -0.1) is 0 Å². The minimum absolute atomic E-state index is 0.145. The van der Waals surface area contributed by atoms with Gasteiger partial charge in [0.2, 0.25) is 0 Å². The zero-order valence-electron chi connectivity index (χ0n) is 13.8. The van der Waals surface area contributed by atoms with E-state index < -0.39 is 6.10 Å². The van der Waals surface area contributed by atoms with Crippen LogP contribution >= 0.6 is 0 Å². The second kappa shape index (κ2) is 12.0. The first-order chi connectivity index (χ1) is 10.2. The van der Waals surface area contributed by atoms with E-state index in [1.165, 1.54) is 57.8 Å². The number of esters is 1. The Balaban J connectivity index is 1.88. The van der Waals surface area contributed by atoms with Crippen LogP contribution in [-0.2, 0) is 9.53 Å². The highest BCUT2D eigenvalue weighted by atomic mass is 16.6. The van der Waals surface area contributed by atoms with Gasteiger partial charge in [-0.2, -0.15) is 0 Å². The van der Waals surface area contributed by atoms with Crippen molar-refractivity contribution in [3.63, 3.8) is 0 Å². The fourth-order valence-electron chi connectivity index (χ4n) is 3.03. The van der Waals surface area contributed by atoms with Crippen molar-refractivity contribution in [2.24, 2.45) is 0 Å². The molecule has 0 aromatic rings. The molecule has 21 heavy (non-hydrogen) atoms. The van der Waals surface area contributed by atoms with Gasteiger partial charge in [-0.05, 0) is 19.3 Å². The molecule has 0 aliphatic carbocycles. The van der Waals surface area contributed by atoms with E-state index in [2.05, 4.69) is 6.92 Å². The smallest absolute Gasteiger partial charge is 0.306 e. The van der Waals surface area contributed by atoms with Crippen molar-refractivity contribution in [2.75, 3.05) is 0 Å². The summed E-state index contributed by atoms with van der Waals surface area (Å²) in [5.41, 5.74) is 0. The maximum atomic E-state index is 11.2. The molecule has 0 radical (unpaired) electrons. The summed E-state index contributed by atoms with van der Waals surface area (Å²) < 4.78 is 5.20. The highest BCUT2D eigenvalue weighted by molar-refractivity contribution is 5.70. The normalized spacial score (nSPS) is 20.3. The molecule has 0 aromatic heterocycles. The molecule has 0 amide bonds. The van der Waals surface area contributed by atoms with Crippen LogP contribution in [0.4, 0.5) is 0 Å². The lowest BCUT2D eigenvalue weighted by atomic mass is 9.98. The van der Waals surface area contributed by atoms with Crippen molar-refractivity contribution < 1.29 is 14.6 Å². The van der Waals surface area contributed by atoms with Gasteiger partial charge in [0.15, 0.2) is 0 Å². The Bertz CT molecular complexity index is 265.